The summed E-state index contributed by atoms with van der Waals surface area (Å²) in [5, 5.41) is 1.25. The van der Waals surface area contributed by atoms with E-state index in [9.17, 15) is 8.42 Å². The van der Waals surface area contributed by atoms with E-state index in [1.165, 1.54) is 23.2 Å². The second-order valence-corrected chi connectivity index (χ2v) is 11.3. The molecule has 0 N–H and O–H groups in total. The molecule has 6 nitrogen and oxygen atoms in total. The summed E-state index contributed by atoms with van der Waals surface area (Å²) in [5.41, 5.74) is 2.03. The molecule has 30 heavy (non-hydrogen) atoms. The lowest BCUT2D eigenvalue weighted by atomic mass is 10.1. The topological polar surface area (TPSA) is 62.7 Å². The normalized spacial score (nSPS) is 22.6. The largest absolute Gasteiger partial charge is 0.431 e. The first-order chi connectivity index (χ1) is 14.4. The maximum absolute atomic E-state index is 11.9. The minimum atomic E-state index is -3.12. The van der Waals surface area contributed by atoms with Crippen molar-refractivity contribution in [2.45, 2.75) is 31.5 Å². The predicted molar refractivity (Wildman–Crippen MR) is 120 cm³/mol. The molecule has 0 amide bonds. The van der Waals surface area contributed by atoms with E-state index >= 15 is 0 Å². The molecule has 3 aromatic rings. The Balaban J connectivity index is 1.26. The summed E-state index contributed by atoms with van der Waals surface area (Å²) in [6, 6.07) is 14.3. The Hall–Kier alpha value is -1.71. The molecule has 2 atom stereocenters. The van der Waals surface area contributed by atoms with Gasteiger partial charge in [-0.1, -0.05) is 41.1 Å². The van der Waals surface area contributed by atoms with Crippen LogP contribution in [0.2, 0.25) is 5.02 Å². The average molecular weight is 464 g/mol. The van der Waals surface area contributed by atoms with Crippen LogP contribution in [0.3, 0.4) is 0 Å². The summed E-state index contributed by atoms with van der Waals surface area (Å²) in [7, 11) is -3.12. The quantitative estimate of drug-likeness (QED) is 0.562. The third kappa shape index (κ3) is 3.94. The molecular formula is C21H22ClN3O3S2. The summed E-state index contributed by atoms with van der Waals surface area (Å²) in [6.45, 7) is 2.01. The number of thiazole rings is 1. The molecule has 0 saturated carbocycles. The van der Waals surface area contributed by atoms with E-state index in [1.54, 1.807) is 4.31 Å². The zero-order valence-corrected chi connectivity index (χ0v) is 18.9. The van der Waals surface area contributed by atoms with Crippen LogP contribution < -0.4 is 4.74 Å². The van der Waals surface area contributed by atoms with Gasteiger partial charge in [-0.25, -0.2) is 13.4 Å². The van der Waals surface area contributed by atoms with E-state index in [1.807, 2.05) is 30.3 Å². The molecule has 2 aliphatic heterocycles. The van der Waals surface area contributed by atoms with Crippen LogP contribution in [-0.4, -0.2) is 54.0 Å². The van der Waals surface area contributed by atoms with E-state index in [4.69, 9.17) is 16.3 Å². The molecular weight excluding hydrogens is 442 g/mol. The van der Waals surface area contributed by atoms with Gasteiger partial charge in [-0.2, -0.15) is 4.31 Å². The van der Waals surface area contributed by atoms with Gasteiger partial charge in [0, 0.05) is 31.7 Å². The molecule has 9 heteroatoms. The highest BCUT2D eigenvalue weighted by Gasteiger charge is 2.42. The zero-order chi connectivity index (χ0) is 20.9. The minimum Gasteiger partial charge on any atom is -0.431 e. The van der Waals surface area contributed by atoms with Crippen LogP contribution in [0.15, 0.2) is 42.5 Å². The van der Waals surface area contributed by atoms with Crippen molar-refractivity contribution in [3.8, 4) is 10.9 Å². The standard InChI is InChI=1S/C21H22ClN3O3S2/c1-30(26,27)24-12-15-7-8-16(13-24)25(15)11-14-5-9-17(10-6-14)28-21-23-19-4-2-3-18(22)20(19)29-21/h2-6,9-10,15-16H,7-8,11-13H2,1H3. The summed E-state index contributed by atoms with van der Waals surface area (Å²) in [5.74, 6) is 0.735. The highest BCUT2D eigenvalue weighted by molar-refractivity contribution is 7.88. The van der Waals surface area contributed by atoms with E-state index in [0.717, 1.165) is 35.4 Å². The molecule has 1 aromatic heterocycles. The van der Waals surface area contributed by atoms with Gasteiger partial charge in [0.1, 0.15) is 5.75 Å². The van der Waals surface area contributed by atoms with Gasteiger partial charge in [0.05, 0.1) is 21.5 Å². The molecule has 0 aliphatic carbocycles. The van der Waals surface area contributed by atoms with Crippen molar-refractivity contribution in [1.82, 2.24) is 14.2 Å². The Morgan fingerprint density at radius 3 is 2.47 bits per heavy atom. The number of aromatic nitrogens is 1. The van der Waals surface area contributed by atoms with Crippen molar-refractivity contribution in [2.75, 3.05) is 19.3 Å². The maximum atomic E-state index is 11.9. The Labute approximate surface area is 185 Å². The van der Waals surface area contributed by atoms with Crippen molar-refractivity contribution in [1.29, 1.82) is 0 Å². The Bertz CT molecular complexity index is 1170. The van der Waals surface area contributed by atoms with Gasteiger partial charge in [-0.3, -0.25) is 4.90 Å². The minimum absolute atomic E-state index is 0.293. The fourth-order valence-corrected chi connectivity index (χ4v) is 6.41. The number of halogens is 1. The lowest BCUT2D eigenvalue weighted by Gasteiger charge is -2.39. The molecule has 2 aliphatic rings. The first-order valence-electron chi connectivity index (χ1n) is 9.89. The monoisotopic (exact) mass is 463 g/mol. The third-order valence-electron chi connectivity index (χ3n) is 5.91. The summed E-state index contributed by atoms with van der Waals surface area (Å²) < 4.78 is 32.3. The van der Waals surface area contributed by atoms with E-state index in [-0.39, 0.29) is 0 Å². The predicted octanol–water partition coefficient (Wildman–Crippen LogP) is 4.35. The fourth-order valence-electron chi connectivity index (χ4n) is 4.39. The number of hydrogen-bond donors (Lipinski definition) is 0. The number of sulfonamides is 1. The van der Waals surface area contributed by atoms with Gasteiger partial charge >= 0.3 is 0 Å². The number of nitrogens with zero attached hydrogens (tertiary/aromatic N) is 3. The van der Waals surface area contributed by atoms with Crippen LogP contribution in [0.25, 0.3) is 10.2 Å². The molecule has 2 saturated heterocycles. The molecule has 0 radical (unpaired) electrons. The highest BCUT2D eigenvalue weighted by atomic mass is 35.5. The van der Waals surface area contributed by atoms with Crippen LogP contribution in [0.1, 0.15) is 18.4 Å². The number of piperazine rings is 1. The summed E-state index contributed by atoms with van der Waals surface area (Å²) >= 11 is 7.66. The van der Waals surface area contributed by atoms with Gasteiger partial charge in [0.15, 0.2) is 0 Å². The number of fused-ring (bicyclic) bond motifs is 3. The molecule has 0 spiro atoms. The molecule has 2 aromatic carbocycles. The van der Waals surface area contributed by atoms with Gasteiger partial charge in [0.2, 0.25) is 10.0 Å². The maximum Gasteiger partial charge on any atom is 0.279 e. The molecule has 5 rings (SSSR count). The first-order valence-corrected chi connectivity index (χ1v) is 12.9. The second-order valence-electron chi connectivity index (χ2n) is 7.95. The Morgan fingerprint density at radius 1 is 1.13 bits per heavy atom. The Kier molecular flexibility index (Phi) is 5.23. The van der Waals surface area contributed by atoms with E-state index < -0.39 is 10.0 Å². The smallest absolute Gasteiger partial charge is 0.279 e. The van der Waals surface area contributed by atoms with Crippen LogP contribution in [-0.2, 0) is 16.6 Å². The number of hydrogen-bond acceptors (Lipinski definition) is 6. The van der Waals surface area contributed by atoms with Gasteiger partial charge in [0.25, 0.3) is 5.19 Å². The third-order valence-corrected chi connectivity index (χ3v) is 8.56. The summed E-state index contributed by atoms with van der Waals surface area (Å²) in [4.78, 5) is 6.94. The van der Waals surface area contributed by atoms with Crippen molar-refractivity contribution >= 4 is 43.2 Å². The molecule has 2 unspecified atom stereocenters. The Morgan fingerprint density at radius 2 is 1.83 bits per heavy atom. The van der Waals surface area contributed by atoms with Crippen LogP contribution in [0.4, 0.5) is 0 Å². The number of benzene rings is 2. The van der Waals surface area contributed by atoms with Gasteiger partial charge in [-0.05, 0) is 42.7 Å². The van der Waals surface area contributed by atoms with Crippen LogP contribution in [0, 0.1) is 0 Å². The number of ether oxygens (including phenoxy) is 1. The number of rotatable bonds is 5. The highest BCUT2D eigenvalue weighted by Crippen LogP contribution is 2.36. The van der Waals surface area contributed by atoms with Crippen LogP contribution >= 0.6 is 22.9 Å². The van der Waals surface area contributed by atoms with Crippen molar-refractivity contribution in [3.63, 3.8) is 0 Å². The van der Waals surface area contributed by atoms with Crippen molar-refractivity contribution < 1.29 is 13.2 Å². The molecule has 2 fully saturated rings. The zero-order valence-electron chi connectivity index (χ0n) is 16.5. The van der Waals surface area contributed by atoms with E-state index in [0.29, 0.717) is 35.4 Å². The van der Waals surface area contributed by atoms with Gasteiger partial charge < -0.3 is 4.74 Å². The second kappa shape index (κ2) is 7.76. The van der Waals surface area contributed by atoms with Gasteiger partial charge in [-0.15, -0.1) is 0 Å². The first kappa shape index (κ1) is 20.2. The van der Waals surface area contributed by atoms with E-state index in [2.05, 4.69) is 22.0 Å². The SMILES string of the molecule is CS(=O)(=O)N1CC2CCC(C1)N2Cc1ccc(Oc2nc3cccc(Cl)c3s2)cc1. The summed E-state index contributed by atoms with van der Waals surface area (Å²) in [6.07, 6.45) is 3.41. The molecule has 158 valence electrons. The van der Waals surface area contributed by atoms with Crippen molar-refractivity contribution in [3.05, 3.63) is 53.1 Å². The molecule has 3 heterocycles. The van der Waals surface area contributed by atoms with Crippen LogP contribution in [0.5, 0.6) is 10.9 Å². The fraction of sp³-hybridized carbons (Fsp3) is 0.381. The average Bonchev–Trinajstić information content (AvgIpc) is 3.19. The molecule has 2 bridgehead atoms. The van der Waals surface area contributed by atoms with Crippen molar-refractivity contribution in [2.24, 2.45) is 0 Å². The lowest BCUT2D eigenvalue weighted by Crippen LogP contribution is -2.54. The lowest BCUT2D eigenvalue weighted by molar-refractivity contribution is 0.103.